The van der Waals surface area contributed by atoms with Crippen LogP contribution in [0.2, 0.25) is 5.02 Å². The third-order valence-corrected chi connectivity index (χ3v) is 8.96. The van der Waals surface area contributed by atoms with E-state index in [0.717, 1.165) is 44.5 Å². The standard InChI is InChI=1S/C34H35ClN6O5/c1-19-21(7-6-10-24(19)38-31-29-27(13-15-36-31)40(2)34(44)41(3)33(29)43)22-8-5-9-23(30(22)35)25-12-11-20(32(39-25)45-4)17-37-26-14-16-46-18-28(26)42/h5-13,15,26,28,37,42H,14,16-18H2,1-4H3,(H,36,38)/t26-,28+/m0/s1. The molecule has 5 aromatic rings. The minimum atomic E-state index is -0.559. The maximum atomic E-state index is 13.1. The molecule has 3 N–H and O–H groups in total. The summed E-state index contributed by atoms with van der Waals surface area (Å²) in [6, 6.07) is 17.1. The van der Waals surface area contributed by atoms with Crippen molar-refractivity contribution in [1.82, 2.24) is 24.4 Å². The number of halogens is 1. The molecule has 1 aliphatic heterocycles. The molecule has 6 rings (SSSR count). The van der Waals surface area contributed by atoms with Gasteiger partial charge in [0, 0.05) is 61.9 Å². The second kappa shape index (κ2) is 13.1. The Kier molecular flexibility index (Phi) is 8.92. The number of aromatic nitrogens is 4. The lowest BCUT2D eigenvalue weighted by Crippen LogP contribution is -2.46. The topological polar surface area (TPSA) is 133 Å². The molecule has 238 valence electrons. The molecule has 0 radical (unpaired) electrons. The van der Waals surface area contributed by atoms with E-state index in [-0.39, 0.29) is 6.04 Å². The number of nitrogens with one attached hydrogen (secondary N) is 2. The lowest BCUT2D eigenvalue weighted by Gasteiger charge is -2.28. The van der Waals surface area contributed by atoms with Crippen molar-refractivity contribution in [3.05, 3.63) is 97.8 Å². The molecule has 2 atom stereocenters. The molecule has 46 heavy (non-hydrogen) atoms. The number of rotatable bonds is 8. The van der Waals surface area contributed by atoms with Crippen LogP contribution in [0.4, 0.5) is 11.5 Å². The minimum Gasteiger partial charge on any atom is -0.481 e. The van der Waals surface area contributed by atoms with Crippen LogP contribution in [0, 0.1) is 6.92 Å². The molecule has 0 amide bonds. The van der Waals surface area contributed by atoms with Crippen molar-refractivity contribution in [3.63, 3.8) is 0 Å². The van der Waals surface area contributed by atoms with Crippen molar-refractivity contribution < 1.29 is 14.6 Å². The second-order valence-corrected chi connectivity index (χ2v) is 11.7. The van der Waals surface area contributed by atoms with E-state index in [1.165, 1.54) is 11.6 Å². The van der Waals surface area contributed by atoms with E-state index in [0.29, 0.717) is 53.1 Å². The number of hydrogen-bond acceptors (Lipinski definition) is 9. The number of pyridine rings is 2. The summed E-state index contributed by atoms with van der Waals surface area (Å²) in [6.45, 7) is 3.39. The number of aryl methyl sites for hydroxylation is 1. The summed E-state index contributed by atoms with van der Waals surface area (Å²) in [7, 11) is 4.66. The average molecular weight is 643 g/mol. The van der Waals surface area contributed by atoms with Gasteiger partial charge in [-0.2, -0.15) is 0 Å². The monoisotopic (exact) mass is 642 g/mol. The van der Waals surface area contributed by atoms with Crippen molar-refractivity contribution in [1.29, 1.82) is 0 Å². The number of anilines is 2. The number of benzene rings is 2. The van der Waals surface area contributed by atoms with Crippen LogP contribution in [0.25, 0.3) is 33.3 Å². The minimum absolute atomic E-state index is 0.0618. The molecule has 1 aliphatic rings. The summed E-state index contributed by atoms with van der Waals surface area (Å²) in [5, 5.41) is 17.8. The first-order valence-corrected chi connectivity index (χ1v) is 15.3. The Morgan fingerprint density at radius 3 is 2.59 bits per heavy atom. The number of fused-ring (bicyclic) bond motifs is 1. The SMILES string of the molecule is COc1nc(-c2cccc(-c3cccc(Nc4nccc5c4c(=O)n(C)c(=O)n5C)c3C)c2Cl)ccc1CN[C@H]1CCOC[C@H]1O. The van der Waals surface area contributed by atoms with Crippen LogP contribution >= 0.6 is 11.6 Å². The highest BCUT2D eigenvalue weighted by molar-refractivity contribution is 6.36. The average Bonchev–Trinajstić information content (AvgIpc) is 3.07. The highest BCUT2D eigenvalue weighted by Gasteiger charge is 2.24. The molecule has 1 fully saturated rings. The quantitative estimate of drug-likeness (QED) is 0.226. The van der Waals surface area contributed by atoms with Gasteiger partial charge in [0.15, 0.2) is 0 Å². The first kappa shape index (κ1) is 31.4. The van der Waals surface area contributed by atoms with E-state index in [4.69, 9.17) is 26.1 Å². The maximum Gasteiger partial charge on any atom is 0.330 e. The van der Waals surface area contributed by atoms with Crippen molar-refractivity contribution in [2.24, 2.45) is 14.1 Å². The van der Waals surface area contributed by atoms with Gasteiger partial charge < -0.3 is 25.2 Å². The maximum absolute atomic E-state index is 13.1. The Hall–Kier alpha value is -4.55. The van der Waals surface area contributed by atoms with Gasteiger partial charge >= 0.3 is 5.69 Å². The summed E-state index contributed by atoms with van der Waals surface area (Å²) in [5.41, 5.74) is 5.25. The van der Waals surface area contributed by atoms with Crippen LogP contribution in [0.1, 0.15) is 17.5 Å². The number of hydrogen-bond donors (Lipinski definition) is 3. The number of aliphatic hydroxyl groups excluding tert-OH is 1. The first-order chi connectivity index (χ1) is 22.2. The normalized spacial score (nSPS) is 16.5. The van der Waals surface area contributed by atoms with E-state index >= 15 is 0 Å². The van der Waals surface area contributed by atoms with Crippen LogP contribution in [-0.2, 0) is 25.4 Å². The van der Waals surface area contributed by atoms with E-state index in [2.05, 4.69) is 15.6 Å². The van der Waals surface area contributed by atoms with E-state index in [1.54, 1.807) is 26.4 Å². The zero-order valence-corrected chi connectivity index (χ0v) is 26.8. The largest absolute Gasteiger partial charge is 0.481 e. The molecule has 2 aromatic carbocycles. The van der Waals surface area contributed by atoms with E-state index in [1.807, 2.05) is 55.5 Å². The summed E-state index contributed by atoms with van der Waals surface area (Å²) in [4.78, 5) is 34.8. The summed E-state index contributed by atoms with van der Waals surface area (Å²) < 4.78 is 13.5. The zero-order chi connectivity index (χ0) is 32.5. The fourth-order valence-corrected chi connectivity index (χ4v) is 6.20. The van der Waals surface area contributed by atoms with Crippen LogP contribution in [0.3, 0.4) is 0 Å². The van der Waals surface area contributed by atoms with Gasteiger partial charge in [-0.3, -0.25) is 13.9 Å². The molecule has 0 unspecified atom stereocenters. The van der Waals surface area contributed by atoms with Crippen LogP contribution in [0.5, 0.6) is 5.88 Å². The summed E-state index contributed by atoms with van der Waals surface area (Å²) in [5.74, 6) is 0.827. The van der Waals surface area contributed by atoms with Crippen molar-refractivity contribution in [3.8, 4) is 28.3 Å². The highest BCUT2D eigenvalue weighted by Crippen LogP contribution is 2.39. The second-order valence-electron chi connectivity index (χ2n) is 11.3. The fourth-order valence-electron chi connectivity index (χ4n) is 5.88. The van der Waals surface area contributed by atoms with Gasteiger partial charge in [-0.05, 0) is 42.7 Å². The van der Waals surface area contributed by atoms with Crippen LogP contribution in [0.15, 0.2) is 70.4 Å². The fraction of sp³-hybridized carbons (Fsp3) is 0.294. The Balaban J connectivity index is 1.32. The Bertz CT molecular complexity index is 2060. The number of ether oxygens (including phenoxy) is 2. The first-order valence-electron chi connectivity index (χ1n) is 14.9. The molecule has 1 saturated heterocycles. The van der Waals surface area contributed by atoms with Gasteiger partial charge in [-0.1, -0.05) is 48.0 Å². The number of nitrogens with zero attached hydrogens (tertiary/aromatic N) is 4. The van der Waals surface area contributed by atoms with Crippen molar-refractivity contribution in [2.45, 2.75) is 32.0 Å². The highest BCUT2D eigenvalue weighted by atomic mass is 35.5. The van der Waals surface area contributed by atoms with E-state index < -0.39 is 17.4 Å². The third-order valence-electron chi connectivity index (χ3n) is 8.55. The summed E-state index contributed by atoms with van der Waals surface area (Å²) >= 11 is 7.08. The molecular formula is C34H35ClN6O5. The van der Waals surface area contributed by atoms with Crippen molar-refractivity contribution >= 4 is 34.0 Å². The van der Waals surface area contributed by atoms with Gasteiger partial charge in [0.1, 0.15) is 11.2 Å². The third kappa shape index (κ3) is 5.78. The van der Waals surface area contributed by atoms with Gasteiger partial charge in [0.25, 0.3) is 5.56 Å². The summed E-state index contributed by atoms with van der Waals surface area (Å²) in [6.07, 6.45) is 1.74. The molecule has 12 heteroatoms. The predicted molar refractivity (Wildman–Crippen MR) is 179 cm³/mol. The Morgan fingerprint density at radius 1 is 1.04 bits per heavy atom. The number of aliphatic hydroxyl groups is 1. The molecule has 0 aliphatic carbocycles. The lowest BCUT2D eigenvalue weighted by atomic mass is 9.96. The zero-order valence-electron chi connectivity index (χ0n) is 26.0. The van der Waals surface area contributed by atoms with Crippen LogP contribution < -0.4 is 26.6 Å². The van der Waals surface area contributed by atoms with Crippen LogP contribution in [-0.4, -0.2) is 56.7 Å². The molecule has 0 bridgehead atoms. The molecule has 11 nitrogen and oxygen atoms in total. The van der Waals surface area contributed by atoms with Gasteiger partial charge in [0.2, 0.25) is 5.88 Å². The smallest absolute Gasteiger partial charge is 0.330 e. The molecular weight excluding hydrogens is 608 g/mol. The molecule has 3 aromatic heterocycles. The Labute approximate surface area is 270 Å². The van der Waals surface area contributed by atoms with Gasteiger partial charge in [0.05, 0.1) is 36.1 Å². The predicted octanol–water partition coefficient (Wildman–Crippen LogP) is 4.31. The molecule has 4 heterocycles. The Morgan fingerprint density at radius 2 is 1.80 bits per heavy atom. The molecule has 0 saturated carbocycles. The van der Waals surface area contributed by atoms with E-state index in [9.17, 15) is 14.7 Å². The van der Waals surface area contributed by atoms with Gasteiger partial charge in [-0.15, -0.1) is 0 Å². The van der Waals surface area contributed by atoms with Gasteiger partial charge in [-0.25, -0.2) is 14.8 Å². The number of methoxy groups -OCH3 is 1. The molecule has 0 spiro atoms. The lowest BCUT2D eigenvalue weighted by molar-refractivity contribution is -0.0281. The van der Waals surface area contributed by atoms with Crippen molar-refractivity contribution in [2.75, 3.05) is 25.6 Å².